The van der Waals surface area contributed by atoms with Gasteiger partial charge in [-0.2, -0.15) is 0 Å². The second kappa shape index (κ2) is 2.86. The third-order valence-corrected chi connectivity index (χ3v) is 2.24. The molecule has 2 aromatic rings. The van der Waals surface area contributed by atoms with Crippen molar-refractivity contribution in [3.63, 3.8) is 0 Å². The predicted octanol–water partition coefficient (Wildman–Crippen LogP) is 1.18. The first-order valence-electron chi connectivity index (χ1n) is 3.32. The molecule has 0 aromatic carbocycles. The summed E-state index contributed by atoms with van der Waals surface area (Å²) in [6.07, 6.45) is 4.91. The predicted molar refractivity (Wildman–Crippen MR) is 47.6 cm³/mol. The van der Waals surface area contributed by atoms with Crippen molar-refractivity contribution >= 4 is 17.2 Å². The van der Waals surface area contributed by atoms with Gasteiger partial charge >= 0.3 is 0 Å². The molecule has 60 valence electrons. The summed E-state index contributed by atoms with van der Waals surface area (Å²) in [6.45, 7) is 0. The average molecular weight is 178 g/mol. The summed E-state index contributed by atoms with van der Waals surface area (Å²) in [4.78, 5) is 11.9. The standard InChI is InChI=1S/C7H6N4S/c8-6-3-12-7(11-6)5-1-9-4-10-2-5/h1-4H,8H2. The molecule has 0 bridgehead atoms. The second-order valence-corrected chi connectivity index (χ2v) is 3.06. The van der Waals surface area contributed by atoms with E-state index >= 15 is 0 Å². The van der Waals surface area contributed by atoms with Crippen LogP contribution in [0.4, 0.5) is 5.82 Å². The SMILES string of the molecule is Nc1csc(-c2cncnc2)n1. The van der Waals surface area contributed by atoms with Crippen LogP contribution in [0.5, 0.6) is 0 Å². The maximum Gasteiger partial charge on any atom is 0.135 e. The van der Waals surface area contributed by atoms with Crippen LogP contribution in [0.2, 0.25) is 0 Å². The molecule has 4 nitrogen and oxygen atoms in total. The van der Waals surface area contributed by atoms with Crippen LogP contribution in [0.3, 0.4) is 0 Å². The van der Waals surface area contributed by atoms with Crippen molar-refractivity contribution < 1.29 is 0 Å². The van der Waals surface area contributed by atoms with E-state index in [9.17, 15) is 0 Å². The Bertz CT molecular complexity index is 370. The van der Waals surface area contributed by atoms with Crippen LogP contribution in [-0.2, 0) is 0 Å². The summed E-state index contributed by atoms with van der Waals surface area (Å²) in [6, 6.07) is 0. The number of nitrogens with two attached hydrogens (primary N) is 1. The van der Waals surface area contributed by atoms with E-state index in [-0.39, 0.29) is 0 Å². The summed E-state index contributed by atoms with van der Waals surface area (Å²) in [5.74, 6) is 0.541. The smallest absolute Gasteiger partial charge is 0.135 e. The second-order valence-electron chi connectivity index (χ2n) is 2.20. The van der Waals surface area contributed by atoms with E-state index in [2.05, 4.69) is 15.0 Å². The fraction of sp³-hybridized carbons (Fsp3) is 0. The van der Waals surface area contributed by atoms with Gasteiger partial charge in [0.15, 0.2) is 0 Å². The first-order valence-corrected chi connectivity index (χ1v) is 4.20. The van der Waals surface area contributed by atoms with E-state index in [0.717, 1.165) is 10.6 Å². The Hall–Kier alpha value is -1.49. The van der Waals surface area contributed by atoms with Crippen molar-refractivity contribution in [2.75, 3.05) is 5.73 Å². The Morgan fingerprint density at radius 1 is 1.25 bits per heavy atom. The van der Waals surface area contributed by atoms with E-state index < -0.39 is 0 Å². The number of aromatic nitrogens is 3. The molecule has 0 aliphatic carbocycles. The van der Waals surface area contributed by atoms with Gasteiger partial charge in [0.2, 0.25) is 0 Å². The molecule has 0 saturated carbocycles. The lowest BCUT2D eigenvalue weighted by atomic mass is 10.4. The normalized spacial score (nSPS) is 10.0. The molecule has 2 N–H and O–H groups in total. The average Bonchev–Trinajstić information content (AvgIpc) is 2.54. The zero-order valence-electron chi connectivity index (χ0n) is 6.14. The number of hydrogen-bond acceptors (Lipinski definition) is 5. The van der Waals surface area contributed by atoms with Crippen LogP contribution in [0.1, 0.15) is 0 Å². The summed E-state index contributed by atoms with van der Waals surface area (Å²) < 4.78 is 0. The van der Waals surface area contributed by atoms with Crippen LogP contribution in [-0.4, -0.2) is 15.0 Å². The summed E-state index contributed by atoms with van der Waals surface area (Å²) >= 11 is 1.49. The zero-order chi connectivity index (χ0) is 8.39. The number of hydrogen-bond donors (Lipinski definition) is 1. The Morgan fingerprint density at radius 2 is 2.00 bits per heavy atom. The largest absolute Gasteiger partial charge is 0.383 e. The van der Waals surface area contributed by atoms with Gasteiger partial charge in [-0.1, -0.05) is 0 Å². The fourth-order valence-corrected chi connectivity index (χ4v) is 1.51. The quantitative estimate of drug-likeness (QED) is 0.712. The molecule has 0 unspecified atom stereocenters. The van der Waals surface area contributed by atoms with Crippen LogP contribution < -0.4 is 5.73 Å². The highest BCUT2D eigenvalue weighted by atomic mass is 32.1. The van der Waals surface area contributed by atoms with Crippen molar-refractivity contribution in [3.05, 3.63) is 24.1 Å². The summed E-state index contributed by atoms with van der Waals surface area (Å²) in [5.41, 5.74) is 6.38. The Morgan fingerprint density at radius 3 is 2.58 bits per heavy atom. The topological polar surface area (TPSA) is 64.7 Å². The summed E-state index contributed by atoms with van der Waals surface area (Å²) in [5, 5.41) is 2.65. The molecular weight excluding hydrogens is 172 g/mol. The number of nitrogen functional groups attached to an aromatic ring is 1. The molecule has 0 aliphatic heterocycles. The fourth-order valence-electron chi connectivity index (χ4n) is 0.828. The number of rotatable bonds is 1. The lowest BCUT2D eigenvalue weighted by Crippen LogP contribution is -1.84. The van der Waals surface area contributed by atoms with Crippen molar-refractivity contribution in [1.82, 2.24) is 15.0 Å². The lowest BCUT2D eigenvalue weighted by Gasteiger charge is -1.90. The van der Waals surface area contributed by atoms with E-state index in [1.165, 1.54) is 17.7 Å². The first kappa shape index (κ1) is 7.17. The minimum absolute atomic E-state index is 0.541. The van der Waals surface area contributed by atoms with Crippen LogP contribution in [0, 0.1) is 0 Å². The highest BCUT2D eigenvalue weighted by Crippen LogP contribution is 2.22. The molecule has 12 heavy (non-hydrogen) atoms. The molecule has 2 heterocycles. The molecule has 0 fully saturated rings. The molecule has 2 aromatic heterocycles. The van der Waals surface area contributed by atoms with Crippen LogP contribution >= 0.6 is 11.3 Å². The molecular formula is C7H6N4S. The minimum atomic E-state index is 0.541. The Kier molecular flexibility index (Phi) is 1.71. The van der Waals surface area contributed by atoms with E-state index in [1.807, 2.05) is 0 Å². The minimum Gasteiger partial charge on any atom is -0.383 e. The molecule has 5 heteroatoms. The van der Waals surface area contributed by atoms with Crippen molar-refractivity contribution in [3.8, 4) is 10.6 Å². The lowest BCUT2D eigenvalue weighted by molar-refractivity contribution is 1.17. The first-order chi connectivity index (χ1) is 5.86. The van der Waals surface area contributed by atoms with E-state index in [1.54, 1.807) is 17.8 Å². The van der Waals surface area contributed by atoms with Gasteiger partial charge < -0.3 is 5.73 Å². The molecule has 0 amide bonds. The van der Waals surface area contributed by atoms with E-state index in [4.69, 9.17) is 5.73 Å². The van der Waals surface area contributed by atoms with Gasteiger partial charge in [-0.15, -0.1) is 11.3 Å². The van der Waals surface area contributed by atoms with Gasteiger partial charge in [-0.25, -0.2) is 15.0 Å². The maximum absolute atomic E-state index is 5.47. The van der Waals surface area contributed by atoms with Crippen molar-refractivity contribution in [2.24, 2.45) is 0 Å². The highest BCUT2D eigenvalue weighted by Gasteiger charge is 2.01. The van der Waals surface area contributed by atoms with Crippen LogP contribution in [0.15, 0.2) is 24.1 Å². The van der Waals surface area contributed by atoms with Gasteiger partial charge in [0.25, 0.3) is 0 Å². The zero-order valence-corrected chi connectivity index (χ0v) is 6.95. The monoisotopic (exact) mass is 178 g/mol. The van der Waals surface area contributed by atoms with Crippen LogP contribution in [0.25, 0.3) is 10.6 Å². The highest BCUT2D eigenvalue weighted by molar-refractivity contribution is 7.13. The number of thiazole rings is 1. The Labute approximate surface area is 73.1 Å². The number of nitrogens with zero attached hydrogens (tertiary/aromatic N) is 3. The molecule has 0 saturated heterocycles. The molecule has 0 spiro atoms. The van der Waals surface area contributed by atoms with E-state index in [0.29, 0.717) is 5.82 Å². The molecule has 0 radical (unpaired) electrons. The molecule has 0 aliphatic rings. The summed E-state index contributed by atoms with van der Waals surface area (Å²) in [7, 11) is 0. The van der Waals surface area contributed by atoms with Gasteiger partial charge in [0.1, 0.15) is 17.2 Å². The molecule has 2 rings (SSSR count). The van der Waals surface area contributed by atoms with Crippen molar-refractivity contribution in [2.45, 2.75) is 0 Å². The van der Waals surface area contributed by atoms with Gasteiger partial charge in [-0.05, 0) is 0 Å². The molecule has 0 atom stereocenters. The maximum atomic E-state index is 5.47. The van der Waals surface area contributed by atoms with Gasteiger partial charge in [0, 0.05) is 23.3 Å². The van der Waals surface area contributed by atoms with Gasteiger partial charge in [0.05, 0.1) is 0 Å². The van der Waals surface area contributed by atoms with Gasteiger partial charge in [-0.3, -0.25) is 0 Å². The third kappa shape index (κ3) is 1.26. The van der Waals surface area contributed by atoms with Crippen molar-refractivity contribution in [1.29, 1.82) is 0 Å². The third-order valence-electron chi connectivity index (χ3n) is 1.33. The Balaban J connectivity index is 2.45. The number of anilines is 1.